The van der Waals surface area contributed by atoms with E-state index in [-0.39, 0.29) is 0 Å². The van der Waals surface area contributed by atoms with Crippen LogP contribution in [0.2, 0.25) is 0 Å². The van der Waals surface area contributed by atoms with Gasteiger partial charge in [0.05, 0.1) is 37.6 Å². The van der Waals surface area contributed by atoms with Crippen molar-refractivity contribution in [2.75, 3.05) is 19.6 Å². The Bertz CT molecular complexity index is 421. The van der Waals surface area contributed by atoms with Gasteiger partial charge in [-0.3, -0.25) is 24.5 Å². The molecule has 0 aliphatic carbocycles. The summed E-state index contributed by atoms with van der Waals surface area (Å²) in [6, 6.07) is 0. The number of carboxylic acids is 4. The van der Waals surface area contributed by atoms with Gasteiger partial charge < -0.3 is 30.8 Å². The molecule has 0 aliphatic heterocycles. The van der Waals surface area contributed by atoms with E-state index < -0.39 is 68.0 Å². The van der Waals surface area contributed by atoms with Gasteiger partial charge >= 0.3 is 23.9 Å². The fourth-order valence-corrected chi connectivity index (χ4v) is 1.84. The Hall–Kier alpha value is -2.24. The van der Waals surface area contributed by atoms with Crippen molar-refractivity contribution in [1.29, 1.82) is 0 Å². The molecule has 1 atom stereocenters. The largest absolute Gasteiger partial charge is 0.481 e. The molecule has 0 heterocycles. The summed E-state index contributed by atoms with van der Waals surface area (Å²) in [5.41, 5.74) is -1.96. The van der Waals surface area contributed by atoms with E-state index in [0.29, 0.717) is 0 Å². The van der Waals surface area contributed by atoms with E-state index >= 15 is 0 Å². The second kappa shape index (κ2) is 8.92. The number of hydrogen-bond donors (Lipinski definition) is 7. The van der Waals surface area contributed by atoms with Gasteiger partial charge in [-0.05, 0) is 0 Å². The zero-order valence-electron chi connectivity index (χ0n) is 11.5. The molecule has 0 aliphatic rings. The molecular formula is C11H18N2O9. The molecule has 0 saturated carbocycles. The summed E-state index contributed by atoms with van der Waals surface area (Å²) in [6.07, 6.45) is -3.36. The van der Waals surface area contributed by atoms with Gasteiger partial charge in [-0.2, -0.15) is 0 Å². The van der Waals surface area contributed by atoms with Crippen LogP contribution in [0, 0.1) is 0 Å². The van der Waals surface area contributed by atoms with E-state index in [1.165, 1.54) is 0 Å². The Labute approximate surface area is 124 Å². The molecule has 1 unspecified atom stereocenters. The number of nitrogens with one attached hydrogen (secondary N) is 2. The molecule has 11 nitrogen and oxygen atoms in total. The highest BCUT2D eigenvalue weighted by Crippen LogP contribution is 2.21. The number of aliphatic carboxylic acids is 4. The fourth-order valence-electron chi connectivity index (χ4n) is 1.84. The van der Waals surface area contributed by atoms with E-state index in [1.54, 1.807) is 0 Å². The summed E-state index contributed by atoms with van der Waals surface area (Å²) in [5.74, 6) is -5.49. The summed E-state index contributed by atoms with van der Waals surface area (Å²) in [4.78, 5) is 42.8. The maximum absolute atomic E-state index is 10.9. The standard InChI is InChI=1S/C11H18N2O9/c14-6(3-12-4-9(19)20)11(1-7(15)16,2-8(17)18)13-5-10(21)22/h6,12-14H,1-5H2,(H,15,16)(H,17,18)(H,19,20)(H,21,22). The highest BCUT2D eigenvalue weighted by Gasteiger charge is 2.42. The van der Waals surface area contributed by atoms with Crippen molar-refractivity contribution in [3.8, 4) is 0 Å². The molecule has 0 rings (SSSR count). The molecule has 0 aromatic heterocycles. The molecule has 0 radical (unpaired) electrons. The third kappa shape index (κ3) is 7.52. The maximum atomic E-state index is 10.9. The lowest BCUT2D eigenvalue weighted by Crippen LogP contribution is -2.60. The Morgan fingerprint density at radius 2 is 1.27 bits per heavy atom. The smallest absolute Gasteiger partial charge is 0.317 e. The first-order valence-electron chi connectivity index (χ1n) is 6.10. The fraction of sp³-hybridized carbons (Fsp3) is 0.636. The van der Waals surface area contributed by atoms with Crippen LogP contribution in [0.4, 0.5) is 0 Å². The molecular weight excluding hydrogens is 304 g/mol. The van der Waals surface area contributed by atoms with Crippen LogP contribution in [-0.2, 0) is 19.2 Å². The summed E-state index contributed by atoms with van der Waals surface area (Å²) < 4.78 is 0. The highest BCUT2D eigenvalue weighted by molar-refractivity contribution is 5.74. The second-order valence-corrected chi connectivity index (χ2v) is 4.58. The lowest BCUT2D eigenvalue weighted by molar-refractivity contribution is -0.147. The lowest BCUT2D eigenvalue weighted by Gasteiger charge is -2.36. The first-order valence-corrected chi connectivity index (χ1v) is 6.10. The zero-order chi connectivity index (χ0) is 17.3. The molecule has 22 heavy (non-hydrogen) atoms. The van der Waals surface area contributed by atoms with E-state index in [9.17, 15) is 24.3 Å². The van der Waals surface area contributed by atoms with Crippen LogP contribution in [0.25, 0.3) is 0 Å². The van der Waals surface area contributed by atoms with Gasteiger partial charge in [-0.1, -0.05) is 0 Å². The molecule has 7 N–H and O–H groups in total. The summed E-state index contributed by atoms with van der Waals surface area (Å²) >= 11 is 0. The summed E-state index contributed by atoms with van der Waals surface area (Å²) in [7, 11) is 0. The van der Waals surface area contributed by atoms with Gasteiger partial charge in [0.25, 0.3) is 0 Å². The van der Waals surface area contributed by atoms with Gasteiger partial charge in [0, 0.05) is 6.54 Å². The minimum absolute atomic E-state index is 0.431. The quantitative estimate of drug-likeness (QED) is 0.199. The van der Waals surface area contributed by atoms with E-state index in [4.69, 9.17) is 20.4 Å². The molecule has 0 spiro atoms. The second-order valence-electron chi connectivity index (χ2n) is 4.58. The average molecular weight is 322 g/mol. The van der Waals surface area contributed by atoms with Crippen LogP contribution < -0.4 is 10.6 Å². The average Bonchev–Trinajstić information content (AvgIpc) is 2.33. The van der Waals surface area contributed by atoms with E-state index in [0.717, 1.165) is 0 Å². The molecule has 11 heteroatoms. The number of carboxylic acid groups (broad SMARTS) is 4. The van der Waals surface area contributed by atoms with Gasteiger partial charge in [0.15, 0.2) is 0 Å². The Morgan fingerprint density at radius 3 is 1.64 bits per heavy atom. The van der Waals surface area contributed by atoms with Crippen LogP contribution in [0.3, 0.4) is 0 Å². The maximum Gasteiger partial charge on any atom is 0.317 e. The first-order chi connectivity index (χ1) is 10.1. The Morgan fingerprint density at radius 1 is 0.818 bits per heavy atom. The zero-order valence-corrected chi connectivity index (χ0v) is 11.5. The van der Waals surface area contributed by atoms with Crippen LogP contribution >= 0.6 is 0 Å². The van der Waals surface area contributed by atoms with Gasteiger partial charge in [-0.15, -0.1) is 0 Å². The Balaban J connectivity index is 5.18. The Kier molecular flexibility index (Phi) is 8.01. The predicted molar refractivity (Wildman–Crippen MR) is 69.4 cm³/mol. The monoisotopic (exact) mass is 322 g/mol. The van der Waals surface area contributed by atoms with Crippen LogP contribution in [-0.4, -0.2) is 80.7 Å². The van der Waals surface area contributed by atoms with Crippen LogP contribution in [0.15, 0.2) is 0 Å². The van der Waals surface area contributed by atoms with Gasteiger partial charge in [0.2, 0.25) is 0 Å². The van der Waals surface area contributed by atoms with E-state index in [1.807, 2.05) is 0 Å². The minimum Gasteiger partial charge on any atom is -0.481 e. The van der Waals surface area contributed by atoms with Crippen molar-refractivity contribution in [3.05, 3.63) is 0 Å². The molecule has 126 valence electrons. The minimum atomic E-state index is -1.96. The molecule has 0 aromatic carbocycles. The van der Waals surface area contributed by atoms with Crippen molar-refractivity contribution in [2.24, 2.45) is 0 Å². The van der Waals surface area contributed by atoms with Crippen LogP contribution in [0.1, 0.15) is 12.8 Å². The molecule has 0 bridgehead atoms. The van der Waals surface area contributed by atoms with Crippen LogP contribution in [0.5, 0.6) is 0 Å². The van der Waals surface area contributed by atoms with Crippen molar-refractivity contribution < 1.29 is 44.7 Å². The first kappa shape index (κ1) is 19.8. The number of rotatable bonds is 12. The predicted octanol–water partition coefficient (Wildman–Crippen LogP) is -2.62. The van der Waals surface area contributed by atoms with Crippen molar-refractivity contribution in [3.63, 3.8) is 0 Å². The number of carbonyl (C=O) groups is 4. The molecule has 0 fully saturated rings. The van der Waals surface area contributed by atoms with Gasteiger partial charge in [0.1, 0.15) is 0 Å². The number of aliphatic hydroxyl groups is 1. The SMILES string of the molecule is O=C(O)CNCC(O)C(CC(=O)O)(CC(=O)O)NCC(=O)O. The normalized spacial score (nSPS) is 12.6. The lowest BCUT2D eigenvalue weighted by atomic mass is 9.84. The van der Waals surface area contributed by atoms with Crippen molar-refractivity contribution in [1.82, 2.24) is 10.6 Å². The topological polar surface area (TPSA) is 193 Å². The summed E-state index contributed by atoms with van der Waals surface area (Å²) in [5, 5.41) is 49.5. The van der Waals surface area contributed by atoms with Gasteiger partial charge in [-0.25, -0.2) is 0 Å². The van der Waals surface area contributed by atoms with E-state index in [2.05, 4.69) is 10.6 Å². The third-order valence-corrected chi connectivity index (χ3v) is 2.78. The highest BCUT2D eigenvalue weighted by atomic mass is 16.4. The van der Waals surface area contributed by atoms with Crippen molar-refractivity contribution >= 4 is 23.9 Å². The third-order valence-electron chi connectivity index (χ3n) is 2.78. The molecule has 0 saturated heterocycles. The summed E-state index contributed by atoms with van der Waals surface area (Å²) in [6.45, 7) is -1.73. The number of aliphatic hydroxyl groups excluding tert-OH is 1. The van der Waals surface area contributed by atoms with Crippen molar-refractivity contribution in [2.45, 2.75) is 24.5 Å². The number of hydrogen-bond acceptors (Lipinski definition) is 7. The molecule has 0 aromatic rings. The molecule has 0 amide bonds.